The number of benzene rings is 3. The first-order valence-electron chi connectivity index (χ1n) is 17.2. The van der Waals surface area contributed by atoms with Crippen LogP contribution in [-0.2, 0) is 25.7 Å². The largest absolute Gasteiger partial charge is 0.492 e. The van der Waals surface area contributed by atoms with Gasteiger partial charge in [-0.3, -0.25) is 0 Å². The standard InChI is InChI=1S/C41H53FO/c1-4-7-9-11-32-13-15-33(16-14-32)17-18-34-19-24-36(25-20-34)37-26-21-35(22-27-37)23-28-39-30-40(42)38(12-10-8-5-2)31-41(39)43-29-6-3/h13-16,19-20,24-25,30-31,35,37H,4-12,17-18,21-22,26-27,29H2,1-3H3. The SMILES string of the molecule is CCCCCc1ccc(CCc2ccc(C3CCC(C#Cc4cc(F)c(CCCCC)cc4OCCC)CC3)cc2)cc1. The molecule has 1 saturated carbocycles. The molecule has 3 aromatic carbocycles. The maximum Gasteiger partial charge on any atom is 0.135 e. The Morgan fingerprint density at radius 3 is 1.86 bits per heavy atom. The first kappa shape index (κ1) is 32.9. The fourth-order valence-electron chi connectivity index (χ4n) is 6.23. The Labute approximate surface area is 261 Å². The third-order valence-corrected chi connectivity index (χ3v) is 9.04. The summed E-state index contributed by atoms with van der Waals surface area (Å²) in [4.78, 5) is 0. The Morgan fingerprint density at radius 1 is 0.674 bits per heavy atom. The number of rotatable bonds is 15. The van der Waals surface area contributed by atoms with E-state index in [1.54, 1.807) is 6.07 Å². The maximum absolute atomic E-state index is 14.9. The molecule has 0 aliphatic heterocycles. The molecule has 1 aliphatic carbocycles. The molecule has 0 unspecified atom stereocenters. The highest BCUT2D eigenvalue weighted by atomic mass is 19.1. The zero-order chi connectivity index (χ0) is 30.3. The smallest absolute Gasteiger partial charge is 0.135 e. The van der Waals surface area contributed by atoms with E-state index >= 15 is 0 Å². The Hall–Kier alpha value is -3.05. The van der Waals surface area contributed by atoms with Gasteiger partial charge in [-0.1, -0.05) is 107 Å². The highest BCUT2D eigenvalue weighted by Crippen LogP contribution is 2.36. The topological polar surface area (TPSA) is 9.23 Å². The van der Waals surface area contributed by atoms with Crippen molar-refractivity contribution in [2.24, 2.45) is 5.92 Å². The van der Waals surface area contributed by atoms with Crippen molar-refractivity contribution in [3.8, 4) is 17.6 Å². The van der Waals surface area contributed by atoms with Crippen LogP contribution in [0.4, 0.5) is 4.39 Å². The van der Waals surface area contributed by atoms with Crippen molar-refractivity contribution in [2.75, 3.05) is 6.61 Å². The molecule has 0 bridgehead atoms. The molecule has 0 aromatic heterocycles. The lowest BCUT2D eigenvalue weighted by atomic mass is 9.78. The molecular weight excluding hydrogens is 527 g/mol. The Kier molecular flexibility index (Phi) is 13.7. The summed E-state index contributed by atoms with van der Waals surface area (Å²) in [7, 11) is 0. The number of hydrogen-bond donors (Lipinski definition) is 0. The zero-order valence-corrected chi connectivity index (χ0v) is 27.0. The molecule has 3 aromatic rings. The molecule has 0 radical (unpaired) electrons. The third-order valence-electron chi connectivity index (χ3n) is 9.04. The summed E-state index contributed by atoms with van der Waals surface area (Å²) in [5.74, 6) is 8.37. The molecule has 0 amide bonds. The van der Waals surface area contributed by atoms with Crippen molar-refractivity contribution in [3.63, 3.8) is 0 Å². The highest BCUT2D eigenvalue weighted by Gasteiger charge is 2.21. The summed E-state index contributed by atoms with van der Waals surface area (Å²) in [6, 6.07) is 22.1. The summed E-state index contributed by atoms with van der Waals surface area (Å²) in [6.07, 6.45) is 16.7. The third kappa shape index (κ3) is 10.6. The van der Waals surface area contributed by atoms with Gasteiger partial charge < -0.3 is 4.74 Å². The minimum Gasteiger partial charge on any atom is -0.492 e. The van der Waals surface area contributed by atoms with Crippen molar-refractivity contribution < 1.29 is 9.13 Å². The minimum absolute atomic E-state index is 0.146. The molecule has 0 heterocycles. The van der Waals surface area contributed by atoms with E-state index < -0.39 is 0 Å². The van der Waals surface area contributed by atoms with E-state index in [9.17, 15) is 4.39 Å². The molecule has 1 fully saturated rings. The summed E-state index contributed by atoms with van der Waals surface area (Å²) < 4.78 is 20.9. The van der Waals surface area contributed by atoms with Gasteiger partial charge in [0.1, 0.15) is 11.6 Å². The number of hydrogen-bond acceptors (Lipinski definition) is 1. The van der Waals surface area contributed by atoms with E-state index in [-0.39, 0.29) is 5.82 Å². The van der Waals surface area contributed by atoms with Crippen molar-refractivity contribution in [2.45, 2.75) is 123 Å². The van der Waals surface area contributed by atoms with Crippen LogP contribution in [-0.4, -0.2) is 6.61 Å². The molecule has 1 nitrogen and oxygen atoms in total. The summed E-state index contributed by atoms with van der Waals surface area (Å²) in [6.45, 7) is 7.16. The van der Waals surface area contributed by atoms with Gasteiger partial charge in [0.05, 0.1) is 12.2 Å². The second-order valence-corrected chi connectivity index (χ2v) is 12.6. The van der Waals surface area contributed by atoms with Gasteiger partial charge in [-0.15, -0.1) is 0 Å². The number of ether oxygens (including phenoxy) is 1. The highest BCUT2D eigenvalue weighted by molar-refractivity contribution is 5.49. The second-order valence-electron chi connectivity index (χ2n) is 12.6. The van der Waals surface area contributed by atoms with Crippen LogP contribution in [0.2, 0.25) is 0 Å². The fourth-order valence-corrected chi connectivity index (χ4v) is 6.23. The first-order valence-corrected chi connectivity index (χ1v) is 17.2. The summed E-state index contributed by atoms with van der Waals surface area (Å²) in [5.41, 5.74) is 7.23. The molecule has 0 spiro atoms. The fraction of sp³-hybridized carbons (Fsp3) is 0.512. The molecule has 0 saturated heterocycles. The van der Waals surface area contributed by atoms with Crippen LogP contribution in [0, 0.1) is 23.6 Å². The van der Waals surface area contributed by atoms with Crippen LogP contribution in [0.25, 0.3) is 0 Å². The molecule has 4 rings (SSSR count). The van der Waals surface area contributed by atoms with E-state index in [1.807, 2.05) is 6.07 Å². The van der Waals surface area contributed by atoms with E-state index in [0.717, 1.165) is 81.9 Å². The van der Waals surface area contributed by atoms with Crippen LogP contribution in [0.15, 0.2) is 60.7 Å². The lowest BCUT2D eigenvalue weighted by Crippen LogP contribution is -2.12. The number of aryl methyl sites for hydroxylation is 4. The number of unbranched alkanes of at least 4 members (excludes halogenated alkanes) is 4. The van der Waals surface area contributed by atoms with Crippen LogP contribution in [0.1, 0.15) is 131 Å². The number of halogens is 1. The van der Waals surface area contributed by atoms with Crippen LogP contribution in [0.3, 0.4) is 0 Å². The Balaban J connectivity index is 1.27. The monoisotopic (exact) mass is 580 g/mol. The van der Waals surface area contributed by atoms with Crippen molar-refractivity contribution >= 4 is 0 Å². The Bertz CT molecular complexity index is 1290. The molecule has 1 aliphatic rings. The molecule has 43 heavy (non-hydrogen) atoms. The molecule has 0 atom stereocenters. The molecule has 230 valence electrons. The van der Waals surface area contributed by atoms with Crippen molar-refractivity contribution in [1.82, 2.24) is 0 Å². The van der Waals surface area contributed by atoms with E-state index in [0.29, 0.717) is 24.0 Å². The average Bonchev–Trinajstić information content (AvgIpc) is 3.04. The molecule has 2 heteroatoms. The van der Waals surface area contributed by atoms with Crippen molar-refractivity contribution in [3.05, 3.63) is 99.9 Å². The molecule has 0 N–H and O–H groups in total. The van der Waals surface area contributed by atoms with Gasteiger partial charge in [0.15, 0.2) is 0 Å². The summed E-state index contributed by atoms with van der Waals surface area (Å²) >= 11 is 0. The van der Waals surface area contributed by atoms with Gasteiger partial charge >= 0.3 is 0 Å². The van der Waals surface area contributed by atoms with Gasteiger partial charge in [-0.2, -0.15) is 0 Å². The normalized spacial score (nSPS) is 16.5. The maximum atomic E-state index is 14.9. The van der Waals surface area contributed by atoms with Crippen LogP contribution >= 0.6 is 0 Å². The van der Waals surface area contributed by atoms with Gasteiger partial charge in [0.2, 0.25) is 0 Å². The van der Waals surface area contributed by atoms with Gasteiger partial charge in [0.25, 0.3) is 0 Å². The van der Waals surface area contributed by atoms with E-state index in [2.05, 4.69) is 81.1 Å². The summed E-state index contributed by atoms with van der Waals surface area (Å²) in [5, 5.41) is 0. The van der Waals surface area contributed by atoms with Gasteiger partial charge in [0, 0.05) is 5.92 Å². The van der Waals surface area contributed by atoms with Gasteiger partial charge in [-0.25, -0.2) is 4.39 Å². The van der Waals surface area contributed by atoms with Crippen molar-refractivity contribution in [1.29, 1.82) is 0 Å². The van der Waals surface area contributed by atoms with E-state index in [1.165, 1.54) is 47.9 Å². The van der Waals surface area contributed by atoms with Crippen LogP contribution < -0.4 is 4.74 Å². The molecular formula is C41H53FO. The average molecular weight is 581 g/mol. The second kappa shape index (κ2) is 17.9. The Morgan fingerprint density at radius 2 is 1.26 bits per heavy atom. The first-order chi connectivity index (χ1) is 21.1. The lowest BCUT2D eigenvalue weighted by Gasteiger charge is -2.26. The predicted octanol–water partition coefficient (Wildman–Crippen LogP) is 11.2. The quantitative estimate of drug-likeness (QED) is 0.128. The van der Waals surface area contributed by atoms with Gasteiger partial charge in [-0.05, 0) is 116 Å². The zero-order valence-electron chi connectivity index (χ0n) is 27.0. The predicted molar refractivity (Wildman–Crippen MR) is 181 cm³/mol. The lowest BCUT2D eigenvalue weighted by molar-refractivity contribution is 0.315. The van der Waals surface area contributed by atoms with E-state index in [4.69, 9.17) is 4.74 Å². The minimum atomic E-state index is -0.146. The van der Waals surface area contributed by atoms with Crippen LogP contribution in [0.5, 0.6) is 5.75 Å².